The molecule has 2 aliphatic rings. The Morgan fingerprint density at radius 3 is 2.60 bits per heavy atom. The summed E-state index contributed by atoms with van der Waals surface area (Å²) in [5.41, 5.74) is 8.18. The lowest BCUT2D eigenvalue weighted by Crippen LogP contribution is -2.37. The van der Waals surface area contributed by atoms with Crippen LogP contribution in [-0.2, 0) is 0 Å². The van der Waals surface area contributed by atoms with Crippen molar-refractivity contribution in [3.05, 3.63) is 23.5 Å². The Kier molecular flexibility index (Phi) is 3.03. The van der Waals surface area contributed by atoms with Gasteiger partial charge in [-0.1, -0.05) is 19.3 Å². The van der Waals surface area contributed by atoms with Crippen LogP contribution < -0.4 is 5.73 Å². The Morgan fingerprint density at radius 2 is 1.93 bits per heavy atom. The second-order valence-corrected chi connectivity index (χ2v) is 4.99. The van der Waals surface area contributed by atoms with Crippen LogP contribution in [0.15, 0.2) is 23.5 Å². The van der Waals surface area contributed by atoms with Gasteiger partial charge >= 0.3 is 0 Å². The van der Waals surface area contributed by atoms with E-state index in [2.05, 4.69) is 31.1 Å². The van der Waals surface area contributed by atoms with Crippen LogP contribution in [0.1, 0.15) is 39.0 Å². The summed E-state index contributed by atoms with van der Waals surface area (Å²) in [7, 11) is 2.17. The first-order valence-electron chi connectivity index (χ1n) is 6.06. The van der Waals surface area contributed by atoms with Crippen molar-refractivity contribution in [2.45, 2.75) is 45.1 Å². The fraction of sp³-hybridized carbons (Fsp3) is 0.692. The van der Waals surface area contributed by atoms with Gasteiger partial charge in [-0.05, 0) is 37.3 Å². The first-order valence-corrected chi connectivity index (χ1v) is 6.06. The van der Waals surface area contributed by atoms with E-state index in [0.717, 1.165) is 11.6 Å². The number of hydrogen-bond donors (Lipinski definition) is 1. The van der Waals surface area contributed by atoms with Crippen LogP contribution in [0.3, 0.4) is 0 Å². The van der Waals surface area contributed by atoms with Crippen LogP contribution in [0.25, 0.3) is 0 Å². The Labute approximate surface area is 92.8 Å². The van der Waals surface area contributed by atoms with Crippen LogP contribution >= 0.6 is 0 Å². The van der Waals surface area contributed by atoms with Crippen molar-refractivity contribution >= 4 is 0 Å². The molecule has 2 heteroatoms. The summed E-state index contributed by atoms with van der Waals surface area (Å²) in [6.45, 7) is 2.08. The molecule has 0 aromatic heterocycles. The lowest BCUT2D eigenvalue weighted by atomic mass is 9.82. The molecule has 1 unspecified atom stereocenters. The Bertz CT molecular complexity index is 285. The van der Waals surface area contributed by atoms with E-state index in [4.69, 9.17) is 5.73 Å². The van der Waals surface area contributed by atoms with E-state index >= 15 is 0 Å². The lowest BCUT2D eigenvalue weighted by Gasteiger charge is -2.37. The zero-order chi connectivity index (χ0) is 10.8. The van der Waals surface area contributed by atoms with Gasteiger partial charge in [-0.3, -0.25) is 0 Å². The predicted molar refractivity (Wildman–Crippen MR) is 64.2 cm³/mol. The van der Waals surface area contributed by atoms with E-state index < -0.39 is 0 Å². The molecule has 2 nitrogen and oxygen atoms in total. The van der Waals surface area contributed by atoms with E-state index in [9.17, 15) is 0 Å². The SMILES string of the molecule is CC1=CN(C)C(C2CCCCC2)C=C1N. The first-order chi connectivity index (χ1) is 7.18. The highest BCUT2D eigenvalue weighted by Crippen LogP contribution is 2.31. The molecule has 1 heterocycles. The van der Waals surface area contributed by atoms with Gasteiger partial charge in [0.1, 0.15) is 0 Å². The summed E-state index contributed by atoms with van der Waals surface area (Å²) in [6, 6.07) is 0.536. The van der Waals surface area contributed by atoms with Crippen molar-refractivity contribution in [2.24, 2.45) is 11.7 Å². The summed E-state index contributed by atoms with van der Waals surface area (Å²) < 4.78 is 0. The summed E-state index contributed by atoms with van der Waals surface area (Å²) in [5, 5.41) is 0. The molecule has 0 saturated heterocycles. The van der Waals surface area contributed by atoms with Crippen molar-refractivity contribution in [3.63, 3.8) is 0 Å². The zero-order valence-electron chi connectivity index (χ0n) is 9.87. The van der Waals surface area contributed by atoms with Crippen molar-refractivity contribution in [1.29, 1.82) is 0 Å². The van der Waals surface area contributed by atoms with Gasteiger partial charge < -0.3 is 10.6 Å². The molecular formula is C13H22N2. The number of nitrogens with two attached hydrogens (primary N) is 1. The van der Waals surface area contributed by atoms with Crippen LogP contribution in [0.2, 0.25) is 0 Å². The largest absolute Gasteiger partial charge is 0.399 e. The third kappa shape index (κ3) is 2.19. The van der Waals surface area contributed by atoms with Gasteiger partial charge in [-0.25, -0.2) is 0 Å². The normalized spacial score (nSPS) is 28.7. The molecule has 15 heavy (non-hydrogen) atoms. The molecule has 0 amide bonds. The monoisotopic (exact) mass is 206 g/mol. The van der Waals surface area contributed by atoms with Crippen LogP contribution in [0.5, 0.6) is 0 Å². The average Bonchev–Trinajstić information content (AvgIpc) is 2.25. The first kappa shape index (κ1) is 10.6. The van der Waals surface area contributed by atoms with Gasteiger partial charge in [0.25, 0.3) is 0 Å². The average molecular weight is 206 g/mol. The van der Waals surface area contributed by atoms with Gasteiger partial charge in [0.15, 0.2) is 0 Å². The van der Waals surface area contributed by atoms with Crippen LogP contribution in [0.4, 0.5) is 0 Å². The third-order valence-electron chi connectivity index (χ3n) is 3.81. The molecule has 2 rings (SSSR count). The van der Waals surface area contributed by atoms with Gasteiger partial charge in [0, 0.05) is 18.9 Å². The fourth-order valence-electron chi connectivity index (χ4n) is 2.84. The highest BCUT2D eigenvalue weighted by atomic mass is 15.1. The predicted octanol–water partition coefficient (Wildman–Crippen LogP) is 2.63. The second kappa shape index (κ2) is 4.30. The molecule has 0 radical (unpaired) electrons. The number of rotatable bonds is 1. The summed E-state index contributed by atoms with van der Waals surface area (Å²) in [6.07, 6.45) is 11.4. The Morgan fingerprint density at radius 1 is 1.27 bits per heavy atom. The summed E-state index contributed by atoms with van der Waals surface area (Å²) >= 11 is 0. The van der Waals surface area contributed by atoms with E-state index in [1.807, 2.05) is 0 Å². The molecule has 0 aromatic carbocycles. The summed E-state index contributed by atoms with van der Waals surface area (Å²) in [5.74, 6) is 0.812. The minimum Gasteiger partial charge on any atom is -0.399 e. The molecule has 2 N–H and O–H groups in total. The third-order valence-corrected chi connectivity index (χ3v) is 3.81. The van der Waals surface area contributed by atoms with Crippen LogP contribution in [-0.4, -0.2) is 18.0 Å². The van der Waals surface area contributed by atoms with Crippen molar-refractivity contribution in [2.75, 3.05) is 7.05 Å². The maximum atomic E-state index is 6.00. The molecule has 0 bridgehead atoms. The van der Waals surface area contributed by atoms with Gasteiger partial charge in [0.05, 0.1) is 6.04 Å². The van der Waals surface area contributed by atoms with E-state index in [1.54, 1.807) is 0 Å². The maximum Gasteiger partial charge on any atom is 0.0515 e. The summed E-state index contributed by atoms with van der Waals surface area (Å²) in [4.78, 5) is 2.34. The molecule has 1 aliphatic heterocycles. The number of nitrogens with zero attached hydrogens (tertiary/aromatic N) is 1. The number of allylic oxidation sites excluding steroid dienone is 1. The zero-order valence-corrected chi connectivity index (χ0v) is 9.87. The molecule has 84 valence electrons. The molecule has 1 atom stereocenters. The van der Waals surface area contributed by atoms with E-state index in [0.29, 0.717) is 6.04 Å². The molecule has 1 fully saturated rings. The Balaban J connectivity index is 2.09. The van der Waals surface area contributed by atoms with Crippen molar-refractivity contribution in [3.8, 4) is 0 Å². The fourth-order valence-corrected chi connectivity index (χ4v) is 2.84. The minimum absolute atomic E-state index is 0.536. The standard InChI is InChI=1S/C13H22N2/c1-10-9-15(2)13(8-12(10)14)11-6-4-3-5-7-11/h8-9,11,13H,3-7,14H2,1-2H3. The lowest BCUT2D eigenvalue weighted by molar-refractivity contribution is 0.221. The number of hydrogen-bond acceptors (Lipinski definition) is 2. The smallest absolute Gasteiger partial charge is 0.0515 e. The molecule has 1 saturated carbocycles. The molecule has 0 aromatic rings. The van der Waals surface area contributed by atoms with Crippen molar-refractivity contribution in [1.82, 2.24) is 4.90 Å². The Hall–Kier alpha value is -0.920. The van der Waals surface area contributed by atoms with Gasteiger partial charge in [-0.15, -0.1) is 0 Å². The van der Waals surface area contributed by atoms with Gasteiger partial charge in [-0.2, -0.15) is 0 Å². The highest BCUT2D eigenvalue weighted by Gasteiger charge is 2.26. The maximum absolute atomic E-state index is 6.00. The second-order valence-electron chi connectivity index (χ2n) is 4.99. The minimum atomic E-state index is 0.536. The highest BCUT2D eigenvalue weighted by molar-refractivity contribution is 5.31. The number of likely N-dealkylation sites (N-methyl/N-ethyl adjacent to an activating group) is 1. The topological polar surface area (TPSA) is 29.3 Å². The molecule has 1 aliphatic carbocycles. The van der Waals surface area contributed by atoms with E-state index in [-0.39, 0.29) is 0 Å². The van der Waals surface area contributed by atoms with Crippen molar-refractivity contribution < 1.29 is 0 Å². The quantitative estimate of drug-likeness (QED) is 0.714. The molecular weight excluding hydrogens is 184 g/mol. The van der Waals surface area contributed by atoms with E-state index in [1.165, 1.54) is 37.7 Å². The van der Waals surface area contributed by atoms with Crippen LogP contribution in [0, 0.1) is 5.92 Å². The van der Waals surface area contributed by atoms with Gasteiger partial charge in [0.2, 0.25) is 0 Å². The molecule has 0 spiro atoms.